The van der Waals surface area contributed by atoms with Crippen molar-refractivity contribution in [1.82, 2.24) is 0 Å². The van der Waals surface area contributed by atoms with Crippen molar-refractivity contribution in [2.24, 2.45) is 5.73 Å². The van der Waals surface area contributed by atoms with Gasteiger partial charge in [-0.25, -0.2) is 0 Å². The third-order valence-corrected chi connectivity index (χ3v) is 1.54. The zero-order valence-electron chi connectivity index (χ0n) is 8.00. The summed E-state index contributed by atoms with van der Waals surface area (Å²) in [6.07, 6.45) is 1.07. The number of benzene rings is 1. The quantitative estimate of drug-likeness (QED) is 0.735. The summed E-state index contributed by atoms with van der Waals surface area (Å²) in [4.78, 5) is 0. The second kappa shape index (κ2) is 6.68. The number of ether oxygens (including phenoxy) is 1. The zero-order chi connectivity index (χ0) is 9.40. The molecule has 2 heteroatoms. The van der Waals surface area contributed by atoms with Crippen molar-refractivity contribution in [2.45, 2.75) is 13.3 Å². The number of rotatable bonds is 2. The van der Waals surface area contributed by atoms with E-state index in [2.05, 4.69) is 24.8 Å². The van der Waals surface area contributed by atoms with E-state index in [1.165, 1.54) is 12.6 Å². The molecule has 0 unspecified atom stereocenters. The van der Waals surface area contributed by atoms with Gasteiger partial charge in [0, 0.05) is 1.43 Å². The molecular formula is C10H19NO. The minimum atomic E-state index is 0. The monoisotopic (exact) mass is 169 g/mol. The van der Waals surface area contributed by atoms with Crippen LogP contribution in [0, 0.1) is 0 Å². The first-order chi connectivity index (χ1) is 5.86. The summed E-state index contributed by atoms with van der Waals surface area (Å²) >= 11 is 0. The van der Waals surface area contributed by atoms with Gasteiger partial charge < -0.3 is 10.5 Å². The summed E-state index contributed by atoms with van der Waals surface area (Å²) in [6, 6.07) is 8.12. The highest BCUT2D eigenvalue weighted by atomic mass is 16.5. The first-order valence-electron chi connectivity index (χ1n) is 4.07. The van der Waals surface area contributed by atoms with Crippen molar-refractivity contribution < 1.29 is 6.16 Å². The third-order valence-electron chi connectivity index (χ3n) is 1.54. The Morgan fingerprint density at radius 3 is 2.58 bits per heavy atom. The van der Waals surface area contributed by atoms with Crippen molar-refractivity contribution in [3.05, 3.63) is 29.8 Å². The van der Waals surface area contributed by atoms with E-state index in [0.717, 1.165) is 12.2 Å². The van der Waals surface area contributed by atoms with Gasteiger partial charge in [-0.15, -0.1) is 0 Å². The van der Waals surface area contributed by atoms with Crippen LogP contribution in [0.3, 0.4) is 0 Å². The van der Waals surface area contributed by atoms with E-state index in [0.29, 0.717) is 0 Å². The summed E-state index contributed by atoms with van der Waals surface area (Å²) in [5.41, 5.74) is 5.82. The molecule has 0 aromatic heterocycles. The molecule has 0 amide bonds. The zero-order valence-corrected chi connectivity index (χ0v) is 8.00. The van der Waals surface area contributed by atoms with Crippen LogP contribution in [0.4, 0.5) is 0 Å². The van der Waals surface area contributed by atoms with Gasteiger partial charge in [-0.05, 0) is 31.2 Å². The summed E-state index contributed by atoms with van der Waals surface area (Å²) in [7, 11) is 3.19. The predicted octanol–water partition coefficient (Wildman–Crippen LogP) is 2.08. The fourth-order valence-corrected chi connectivity index (χ4v) is 0.892. The smallest absolute Gasteiger partial charge is 0.119 e. The maximum absolute atomic E-state index is 5.06. The Bertz CT molecular complexity index is 197. The Hall–Kier alpha value is -1.02. The summed E-state index contributed by atoms with van der Waals surface area (Å²) < 4.78 is 5.06. The van der Waals surface area contributed by atoms with Crippen molar-refractivity contribution in [2.75, 3.05) is 14.2 Å². The minimum Gasteiger partial charge on any atom is -0.497 e. The molecule has 0 atom stereocenters. The van der Waals surface area contributed by atoms with Crippen LogP contribution in [0.5, 0.6) is 5.75 Å². The summed E-state index contributed by atoms with van der Waals surface area (Å²) in [5, 5.41) is 0. The Labute approximate surface area is 75.8 Å². The predicted molar refractivity (Wildman–Crippen MR) is 54.6 cm³/mol. The highest BCUT2D eigenvalue weighted by molar-refractivity contribution is 5.28. The van der Waals surface area contributed by atoms with Crippen molar-refractivity contribution >= 4 is 0 Å². The highest BCUT2D eigenvalue weighted by Gasteiger charge is 1.90. The fourth-order valence-electron chi connectivity index (χ4n) is 0.892. The molecule has 2 N–H and O–H groups in total. The van der Waals surface area contributed by atoms with E-state index in [-0.39, 0.29) is 1.43 Å². The average molecular weight is 169 g/mol. The van der Waals surface area contributed by atoms with Crippen molar-refractivity contribution in [3.63, 3.8) is 0 Å². The average Bonchev–Trinajstić information content (AvgIpc) is 2.21. The van der Waals surface area contributed by atoms with Crippen molar-refractivity contribution in [3.8, 4) is 5.75 Å². The maximum Gasteiger partial charge on any atom is 0.119 e. The normalized spacial score (nSPS) is 8.33. The van der Waals surface area contributed by atoms with Crippen LogP contribution in [-0.4, -0.2) is 14.2 Å². The Balaban J connectivity index is 0. The van der Waals surface area contributed by atoms with E-state index in [1.54, 1.807) is 7.11 Å². The Kier molecular flexibility index (Phi) is 6.11. The standard InChI is InChI=1S/C9H12O.CH5N.H2/c1-3-8-5-4-6-9(7-8)10-2;1-2;/h4-7H,3H2,1-2H3;2H2,1H3;1H. The molecule has 12 heavy (non-hydrogen) atoms. The minimum absolute atomic E-state index is 0. The van der Waals surface area contributed by atoms with E-state index < -0.39 is 0 Å². The third kappa shape index (κ3) is 3.39. The van der Waals surface area contributed by atoms with Crippen LogP contribution in [0.15, 0.2) is 24.3 Å². The molecular weight excluding hydrogens is 150 g/mol. The van der Waals surface area contributed by atoms with Crippen LogP contribution < -0.4 is 10.5 Å². The van der Waals surface area contributed by atoms with E-state index in [4.69, 9.17) is 4.74 Å². The molecule has 0 bridgehead atoms. The molecule has 1 aromatic carbocycles. The van der Waals surface area contributed by atoms with Gasteiger partial charge in [0.15, 0.2) is 0 Å². The SMILES string of the molecule is CCc1cccc(OC)c1.CN.[HH]. The molecule has 0 heterocycles. The molecule has 0 radical (unpaired) electrons. The fraction of sp³-hybridized carbons (Fsp3) is 0.400. The molecule has 1 aromatic rings. The highest BCUT2D eigenvalue weighted by Crippen LogP contribution is 2.12. The Morgan fingerprint density at radius 2 is 2.08 bits per heavy atom. The number of aryl methyl sites for hydroxylation is 1. The molecule has 2 nitrogen and oxygen atoms in total. The van der Waals surface area contributed by atoms with Gasteiger partial charge in [0.25, 0.3) is 0 Å². The first kappa shape index (κ1) is 11.0. The molecule has 0 aliphatic rings. The van der Waals surface area contributed by atoms with Crippen molar-refractivity contribution in [1.29, 1.82) is 0 Å². The van der Waals surface area contributed by atoms with Gasteiger partial charge in [-0.2, -0.15) is 0 Å². The molecule has 0 aliphatic carbocycles. The van der Waals surface area contributed by atoms with Gasteiger partial charge in [-0.3, -0.25) is 0 Å². The molecule has 0 aliphatic heterocycles. The molecule has 0 saturated carbocycles. The topological polar surface area (TPSA) is 35.2 Å². The van der Waals surface area contributed by atoms with Crippen LogP contribution in [0.25, 0.3) is 0 Å². The lowest BCUT2D eigenvalue weighted by atomic mass is 10.2. The van der Waals surface area contributed by atoms with Gasteiger partial charge in [-0.1, -0.05) is 19.1 Å². The van der Waals surface area contributed by atoms with Crippen LogP contribution in [-0.2, 0) is 6.42 Å². The first-order valence-corrected chi connectivity index (χ1v) is 4.07. The van der Waals surface area contributed by atoms with E-state index in [1.807, 2.05) is 12.1 Å². The number of methoxy groups -OCH3 is 1. The summed E-state index contributed by atoms with van der Waals surface area (Å²) in [5.74, 6) is 0.944. The largest absolute Gasteiger partial charge is 0.497 e. The molecule has 0 fully saturated rings. The molecule has 0 spiro atoms. The van der Waals surface area contributed by atoms with Gasteiger partial charge in [0.2, 0.25) is 0 Å². The molecule has 70 valence electrons. The van der Waals surface area contributed by atoms with Crippen LogP contribution >= 0.6 is 0 Å². The van der Waals surface area contributed by atoms with Gasteiger partial charge >= 0.3 is 0 Å². The molecule has 0 saturated heterocycles. The lowest BCUT2D eigenvalue weighted by Gasteiger charge is -2.00. The van der Waals surface area contributed by atoms with E-state index >= 15 is 0 Å². The number of hydrogen-bond acceptors (Lipinski definition) is 2. The van der Waals surface area contributed by atoms with Gasteiger partial charge in [0.1, 0.15) is 5.75 Å². The lowest BCUT2D eigenvalue weighted by Crippen LogP contribution is -1.84. The van der Waals surface area contributed by atoms with Gasteiger partial charge in [0.05, 0.1) is 7.11 Å². The Morgan fingerprint density at radius 1 is 1.42 bits per heavy atom. The number of hydrogen-bond donors (Lipinski definition) is 1. The van der Waals surface area contributed by atoms with Crippen LogP contribution in [0.1, 0.15) is 13.9 Å². The summed E-state index contributed by atoms with van der Waals surface area (Å²) in [6.45, 7) is 2.13. The second-order valence-electron chi connectivity index (χ2n) is 2.21. The van der Waals surface area contributed by atoms with E-state index in [9.17, 15) is 0 Å². The molecule has 1 rings (SSSR count). The second-order valence-corrected chi connectivity index (χ2v) is 2.21. The number of nitrogens with two attached hydrogens (primary N) is 1. The lowest BCUT2D eigenvalue weighted by molar-refractivity contribution is 0.414. The maximum atomic E-state index is 5.06. The van der Waals surface area contributed by atoms with Crippen LogP contribution in [0.2, 0.25) is 0 Å².